The van der Waals surface area contributed by atoms with Gasteiger partial charge in [-0.25, -0.2) is 0 Å². The lowest BCUT2D eigenvalue weighted by Crippen LogP contribution is -2.60. The molecule has 1 fully saturated rings. The summed E-state index contributed by atoms with van der Waals surface area (Å²) < 4.78 is 4.90. The molecule has 0 aromatic carbocycles. The fourth-order valence-electron chi connectivity index (χ4n) is 1.28. The van der Waals surface area contributed by atoms with E-state index in [1.165, 1.54) is 0 Å². The van der Waals surface area contributed by atoms with Gasteiger partial charge in [0.05, 0.1) is 0 Å². The smallest absolute Gasteiger partial charge is 0.241 e. The van der Waals surface area contributed by atoms with Crippen molar-refractivity contribution < 1.29 is 9.53 Å². The Morgan fingerprint density at radius 2 is 2.42 bits per heavy atom. The van der Waals surface area contributed by atoms with E-state index < -0.39 is 0 Å². The molecule has 1 heterocycles. The minimum absolute atomic E-state index is 0.0902. The number of nitrogens with zero attached hydrogens (tertiary/aromatic N) is 1. The first-order chi connectivity index (χ1) is 5.75. The van der Waals surface area contributed by atoms with Gasteiger partial charge in [0.2, 0.25) is 5.91 Å². The molecule has 1 aliphatic heterocycles. The van der Waals surface area contributed by atoms with Crippen LogP contribution in [0, 0.1) is 0 Å². The summed E-state index contributed by atoms with van der Waals surface area (Å²) in [4.78, 5) is 12.8. The van der Waals surface area contributed by atoms with Crippen molar-refractivity contribution in [1.29, 1.82) is 0 Å². The van der Waals surface area contributed by atoms with E-state index in [0.29, 0.717) is 0 Å². The van der Waals surface area contributed by atoms with Crippen LogP contribution in [0.25, 0.3) is 0 Å². The first-order valence-corrected chi connectivity index (χ1v) is 4.29. The number of carbonyl (C=O) groups is 1. The topological polar surface area (TPSA) is 55.6 Å². The fraction of sp³-hybridized carbons (Fsp3) is 0.875. The summed E-state index contributed by atoms with van der Waals surface area (Å²) in [6, 6.07) is -0.229. The molecule has 0 aliphatic carbocycles. The van der Waals surface area contributed by atoms with Crippen LogP contribution in [0.2, 0.25) is 0 Å². The zero-order chi connectivity index (χ0) is 8.97. The summed E-state index contributed by atoms with van der Waals surface area (Å²) in [5.41, 5.74) is 5.43. The third-order valence-electron chi connectivity index (χ3n) is 2.07. The maximum absolute atomic E-state index is 11.0. The average Bonchev–Trinajstić information content (AvgIpc) is 2.10. The molecule has 70 valence electrons. The van der Waals surface area contributed by atoms with Crippen LogP contribution in [0.1, 0.15) is 12.8 Å². The molecule has 1 unspecified atom stereocenters. The second-order valence-corrected chi connectivity index (χ2v) is 3.09. The van der Waals surface area contributed by atoms with Crippen molar-refractivity contribution in [1.82, 2.24) is 4.90 Å². The van der Waals surface area contributed by atoms with Gasteiger partial charge in [-0.3, -0.25) is 4.79 Å². The first kappa shape index (κ1) is 9.48. The highest BCUT2D eigenvalue weighted by Crippen LogP contribution is 2.08. The molecule has 1 amide bonds. The van der Waals surface area contributed by atoms with Crippen LogP contribution in [-0.4, -0.2) is 43.7 Å². The Bertz CT molecular complexity index is 161. The Hall–Kier alpha value is -0.610. The van der Waals surface area contributed by atoms with Crippen molar-refractivity contribution in [3.8, 4) is 0 Å². The van der Waals surface area contributed by atoms with Crippen LogP contribution >= 0.6 is 0 Å². The molecule has 0 spiro atoms. The van der Waals surface area contributed by atoms with E-state index in [2.05, 4.69) is 0 Å². The standard InChI is InChI=1S/C8H16N2O2/c1-12-5-3-2-4-10-6-7(9)8(10)11/h7H,2-6,9H2,1H3. The minimum atomic E-state index is -0.229. The van der Waals surface area contributed by atoms with E-state index in [-0.39, 0.29) is 11.9 Å². The van der Waals surface area contributed by atoms with E-state index in [0.717, 1.165) is 32.5 Å². The molecule has 1 aliphatic rings. The number of ether oxygens (including phenoxy) is 1. The molecular weight excluding hydrogens is 156 g/mol. The van der Waals surface area contributed by atoms with Crippen LogP contribution in [0.4, 0.5) is 0 Å². The van der Waals surface area contributed by atoms with Gasteiger partial charge in [0, 0.05) is 26.8 Å². The second kappa shape index (κ2) is 4.42. The molecule has 4 nitrogen and oxygen atoms in total. The van der Waals surface area contributed by atoms with E-state index >= 15 is 0 Å². The molecule has 2 N–H and O–H groups in total. The van der Waals surface area contributed by atoms with Crippen LogP contribution in [0.15, 0.2) is 0 Å². The van der Waals surface area contributed by atoms with Gasteiger partial charge in [0.25, 0.3) is 0 Å². The highest BCUT2D eigenvalue weighted by Gasteiger charge is 2.32. The number of hydrogen-bond donors (Lipinski definition) is 1. The minimum Gasteiger partial charge on any atom is -0.385 e. The van der Waals surface area contributed by atoms with Crippen LogP contribution in [0.5, 0.6) is 0 Å². The maximum atomic E-state index is 11.0. The molecule has 0 radical (unpaired) electrons. The zero-order valence-electron chi connectivity index (χ0n) is 7.45. The van der Waals surface area contributed by atoms with Crippen molar-refractivity contribution >= 4 is 5.91 Å². The molecule has 4 heteroatoms. The van der Waals surface area contributed by atoms with Crippen LogP contribution in [-0.2, 0) is 9.53 Å². The van der Waals surface area contributed by atoms with E-state index in [4.69, 9.17) is 10.5 Å². The van der Waals surface area contributed by atoms with Crippen LogP contribution < -0.4 is 5.73 Å². The lowest BCUT2D eigenvalue weighted by atomic mass is 10.1. The third kappa shape index (κ3) is 2.19. The van der Waals surface area contributed by atoms with Gasteiger partial charge < -0.3 is 15.4 Å². The lowest BCUT2D eigenvalue weighted by molar-refractivity contribution is -0.142. The van der Waals surface area contributed by atoms with E-state index in [1.807, 2.05) is 0 Å². The van der Waals surface area contributed by atoms with Gasteiger partial charge in [-0.1, -0.05) is 0 Å². The molecular formula is C8H16N2O2. The summed E-state index contributed by atoms with van der Waals surface area (Å²) in [6.45, 7) is 2.33. The van der Waals surface area contributed by atoms with E-state index in [9.17, 15) is 4.79 Å². The number of amides is 1. The monoisotopic (exact) mass is 172 g/mol. The largest absolute Gasteiger partial charge is 0.385 e. The summed E-state index contributed by atoms with van der Waals surface area (Å²) in [7, 11) is 1.69. The number of methoxy groups -OCH3 is 1. The molecule has 1 saturated heterocycles. The number of nitrogens with two attached hydrogens (primary N) is 1. The highest BCUT2D eigenvalue weighted by atomic mass is 16.5. The SMILES string of the molecule is COCCCCN1CC(N)C1=O. The molecule has 0 aromatic rings. The molecule has 0 saturated carbocycles. The predicted octanol–water partition coefficient (Wildman–Crippen LogP) is -0.417. The molecule has 0 aromatic heterocycles. The van der Waals surface area contributed by atoms with Gasteiger partial charge >= 0.3 is 0 Å². The van der Waals surface area contributed by atoms with Crippen molar-refractivity contribution in [2.45, 2.75) is 18.9 Å². The highest BCUT2D eigenvalue weighted by molar-refractivity contribution is 5.87. The van der Waals surface area contributed by atoms with Gasteiger partial charge in [0.15, 0.2) is 0 Å². The van der Waals surface area contributed by atoms with Crippen molar-refractivity contribution in [2.24, 2.45) is 5.73 Å². The van der Waals surface area contributed by atoms with Gasteiger partial charge in [0.1, 0.15) is 6.04 Å². The maximum Gasteiger partial charge on any atom is 0.241 e. The van der Waals surface area contributed by atoms with Crippen molar-refractivity contribution in [3.63, 3.8) is 0 Å². The quantitative estimate of drug-likeness (QED) is 0.453. The number of unbranched alkanes of at least 4 members (excludes halogenated alkanes) is 1. The first-order valence-electron chi connectivity index (χ1n) is 4.29. The third-order valence-corrected chi connectivity index (χ3v) is 2.07. The molecule has 1 atom stereocenters. The average molecular weight is 172 g/mol. The predicted molar refractivity (Wildman–Crippen MR) is 45.7 cm³/mol. The van der Waals surface area contributed by atoms with Gasteiger partial charge in [-0.2, -0.15) is 0 Å². The molecule has 12 heavy (non-hydrogen) atoms. The fourth-order valence-corrected chi connectivity index (χ4v) is 1.28. The van der Waals surface area contributed by atoms with Crippen molar-refractivity contribution in [3.05, 3.63) is 0 Å². The molecule has 1 rings (SSSR count). The molecule has 0 bridgehead atoms. The normalized spacial score (nSPS) is 22.7. The summed E-state index contributed by atoms with van der Waals surface area (Å²) in [5.74, 6) is 0.0902. The summed E-state index contributed by atoms with van der Waals surface area (Å²) >= 11 is 0. The van der Waals surface area contributed by atoms with Crippen LogP contribution in [0.3, 0.4) is 0 Å². The number of likely N-dealkylation sites (tertiary alicyclic amines) is 1. The van der Waals surface area contributed by atoms with E-state index in [1.54, 1.807) is 12.0 Å². The number of hydrogen-bond acceptors (Lipinski definition) is 3. The Morgan fingerprint density at radius 1 is 1.67 bits per heavy atom. The summed E-state index contributed by atoms with van der Waals surface area (Å²) in [5, 5.41) is 0. The number of carbonyl (C=O) groups excluding carboxylic acids is 1. The Labute approximate surface area is 72.7 Å². The Balaban J connectivity index is 1.98. The number of rotatable bonds is 5. The van der Waals surface area contributed by atoms with Gasteiger partial charge in [-0.15, -0.1) is 0 Å². The Kier molecular flexibility index (Phi) is 3.49. The zero-order valence-corrected chi connectivity index (χ0v) is 7.45. The lowest BCUT2D eigenvalue weighted by Gasteiger charge is -2.36. The second-order valence-electron chi connectivity index (χ2n) is 3.09. The van der Waals surface area contributed by atoms with Crippen molar-refractivity contribution in [2.75, 3.05) is 26.8 Å². The summed E-state index contributed by atoms with van der Waals surface area (Å²) in [6.07, 6.45) is 2.02. The number of β-lactam (4-membered cyclic amide) rings is 1. The Morgan fingerprint density at radius 3 is 2.92 bits per heavy atom. The van der Waals surface area contributed by atoms with Gasteiger partial charge in [-0.05, 0) is 12.8 Å².